The molecule has 2 aliphatic carbocycles. The van der Waals surface area contributed by atoms with Crippen LogP contribution >= 0.6 is 0 Å². The van der Waals surface area contributed by atoms with E-state index < -0.39 is 0 Å². The Morgan fingerprint density at radius 1 is 0.720 bits per heavy atom. The molecule has 0 saturated heterocycles. The number of aromatic nitrogens is 1. The Hall–Kier alpha value is -0.346. The van der Waals surface area contributed by atoms with Crippen LogP contribution in [0.4, 0.5) is 0 Å². The van der Waals surface area contributed by atoms with Crippen molar-refractivity contribution < 1.29 is 43.4 Å². The third-order valence-corrected chi connectivity index (χ3v) is 4.78. The molecular formula is C19H27Cl2N3V. The van der Waals surface area contributed by atoms with Crippen molar-refractivity contribution >= 4 is 12.4 Å². The van der Waals surface area contributed by atoms with E-state index in [-0.39, 0.29) is 43.4 Å². The summed E-state index contributed by atoms with van der Waals surface area (Å²) in [4.78, 5) is 14.1. The molecule has 2 fully saturated rings. The van der Waals surface area contributed by atoms with Gasteiger partial charge in [-0.05, 0) is 37.8 Å². The zero-order valence-corrected chi connectivity index (χ0v) is 17.6. The van der Waals surface area contributed by atoms with E-state index in [1.54, 1.807) is 0 Å². The summed E-state index contributed by atoms with van der Waals surface area (Å²) in [5.41, 5.74) is 1.91. The van der Waals surface area contributed by atoms with E-state index in [2.05, 4.69) is 11.1 Å². The molecule has 0 amide bonds. The molecule has 0 unspecified atom stereocenters. The first-order valence-electron chi connectivity index (χ1n) is 8.93. The monoisotopic (exact) mass is 418 g/mol. The van der Waals surface area contributed by atoms with Gasteiger partial charge in [-0.3, -0.25) is 9.98 Å². The Bertz CT molecular complexity index is 482. The van der Waals surface area contributed by atoms with Crippen LogP contribution in [0.3, 0.4) is 0 Å². The molecule has 0 N–H and O–H groups in total. The van der Waals surface area contributed by atoms with Gasteiger partial charge >= 0.3 is 18.6 Å². The van der Waals surface area contributed by atoms with Crippen LogP contribution in [-0.4, -0.2) is 29.5 Å². The summed E-state index contributed by atoms with van der Waals surface area (Å²) >= 11 is 0. The predicted octanol–water partition coefficient (Wildman–Crippen LogP) is -1.41. The predicted molar refractivity (Wildman–Crippen MR) is 93.2 cm³/mol. The van der Waals surface area contributed by atoms with E-state index in [9.17, 15) is 0 Å². The third kappa shape index (κ3) is 8.73. The van der Waals surface area contributed by atoms with Gasteiger partial charge < -0.3 is 24.8 Å². The zero-order chi connectivity index (χ0) is 15.0. The van der Waals surface area contributed by atoms with Crippen molar-refractivity contribution in [3.05, 3.63) is 29.6 Å². The van der Waals surface area contributed by atoms with Gasteiger partial charge in [0.1, 0.15) is 0 Å². The van der Waals surface area contributed by atoms with Gasteiger partial charge in [-0.2, -0.15) is 0 Å². The Labute approximate surface area is 176 Å². The topological polar surface area (TPSA) is 37.6 Å². The minimum Gasteiger partial charge on any atom is -1.00 e. The van der Waals surface area contributed by atoms with Gasteiger partial charge in [-0.25, -0.2) is 4.98 Å². The molecule has 2 aliphatic rings. The second-order valence-electron chi connectivity index (χ2n) is 6.63. The number of hydrogen-bond donors (Lipinski definition) is 0. The summed E-state index contributed by atoms with van der Waals surface area (Å²) in [5, 5.41) is 0. The molecule has 1 radical (unpaired) electrons. The second kappa shape index (κ2) is 13.8. The molecule has 1 heterocycles. The third-order valence-electron chi connectivity index (χ3n) is 4.78. The zero-order valence-electron chi connectivity index (χ0n) is 14.7. The number of halogens is 2. The number of nitrogens with zero attached hydrogens (tertiary/aromatic N) is 3. The molecule has 3 rings (SSSR count). The van der Waals surface area contributed by atoms with Crippen molar-refractivity contribution in [1.82, 2.24) is 4.98 Å². The number of pyridine rings is 1. The molecule has 0 aromatic carbocycles. The van der Waals surface area contributed by atoms with Crippen LogP contribution in [0.5, 0.6) is 0 Å². The van der Waals surface area contributed by atoms with Gasteiger partial charge in [0.25, 0.3) is 0 Å². The van der Waals surface area contributed by atoms with E-state index in [1.807, 2.05) is 24.6 Å². The molecule has 0 bridgehead atoms. The van der Waals surface area contributed by atoms with Crippen molar-refractivity contribution in [2.75, 3.05) is 0 Å². The van der Waals surface area contributed by atoms with Gasteiger partial charge in [-0.1, -0.05) is 44.6 Å². The fourth-order valence-electron chi connectivity index (χ4n) is 3.44. The first kappa shape index (κ1) is 24.7. The normalized spacial score (nSPS) is 19.2. The molecular weight excluding hydrogens is 392 g/mol. The van der Waals surface area contributed by atoms with Gasteiger partial charge in [0.15, 0.2) is 0 Å². The Balaban J connectivity index is 0.00000192. The molecule has 0 atom stereocenters. The largest absolute Gasteiger partial charge is 2.00 e. The van der Waals surface area contributed by atoms with Crippen molar-refractivity contribution in [2.45, 2.75) is 76.3 Å². The van der Waals surface area contributed by atoms with Crippen LogP contribution in [0.15, 0.2) is 28.2 Å². The standard InChI is InChI=1S/C19H27N3.2ClH.V/c1-3-8-16(9-4-1)20-14-18-12-7-13-19(22-18)15-21-17-10-5-2-6-11-17;;;/h7,12-17H,1-6,8-11H2;2*1H;/q;;;+2/p-2. The van der Waals surface area contributed by atoms with Crippen LogP contribution in [0.1, 0.15) is 75.6 Å². The van der Waals surface area contributed by atoms with Gasteiger partial charge in [0.05, 0.1) is 23.5 Å². The summed E-state index contributed by atoms with van der Waals surface area (Å²) in [6.07, 6.45) is 16.9. The average molecular weight is 419 g/mol. The van der Waals surface area contributed by atoms with Gasteiger partial charge in [0, 0.05) is 12.4 Å². The van der Waals surface area contributed by atoms with E-state index in [1.165, 1.54) is 64.2 Å². The van der Waals surface area contributed by atoms with Crippen LogP contribution in [0.2, 0.25) is 0 Å². The van der Waals surface area contributed by atoms with E-state index >= 15 is 0 Å². The Morgan fingerprint density at radius 2 is 1.12 bits per heavy atom. The maximum atomic E-state index is 4.71. The molecule has 0 spiro atoms. The van der Waals surface area contributed by atoms with Crippen molar-refractivity contribution in [3.8, 4) is 0 Å². The summed E-state index contributed by atoms with van der Waals surface area (Å²) in [7, 11) is 0. The van der Waals surface area contributed by atoms with Crippen molar-refractivity contribution in [1.29, 1.82) is 0 Å². The first-order valence-corrected chi connectivity index (χ1v) is 8.93. The van der Waals surface area contributed by atoms with Crippen LogP contribution < -0.4 is 24.8 Å². The molecule has 6 heteroatoms. The van der Waals surface area contributed by atoms with Crippen LogP contribution in [-0.2, 0) is 18.6 Å². The fourth-order valence-corrected chi connectivity index (χ4v) is 3.44. The first-order chi connectivity index (χ1) is 10.9. The summed E-state index contributed by atoms with van der Waals surface area (Å²) in [6.45, 7) is 0. The summed E-state index contributed by atoms with van der Waals surface area (Å²) < 4.78 is 0. The van der Waals surface area contributed by atoms with E-state index in [4.69, 9.17) is 9.98 Å². The van der Waals surface area contributed by atoms with Crippen LogP contribution in [0.25, 0.3) is 0 Å². The van der Waals surface area contributed by atoms with Crippen molar-refractivity contribution in [2.24, 2.45) is 9.98 Å². The number of rotatable bonds is 4. The molecule has 1 aromatic rings. The van der Waals surface area contributed by atoms with Gasteiger partial charge in [-0.15, -0.1) is 0 Å². The average Bonchev–Trinajstić information content (AvgIpc) is 2.60. The fraction of sp³-hybridized carbons (Fsp3) is 0.632. The van der Waals surface area contributed by atoms with Crippen LogP contribution in [0, 0.1) is 0 Å². The van der Waals surface area contributed by atoms with Gasteiger partial charge in [0.2, 0.25) is 0 Å². The van der Waals surface area contributed by atoms with E-state index in [0.29, 0.717) is 12.1 Å². The van der Waals surface area contributed by atoms with Crippen molar-refractivity contribution in [3.63, 3.8) is 0 Å². The summed E-state index contributed by atoms with van der Waals surface area (Å²) in [6, 6.07) is 7.14. The maximum absolute atomic E-state index is 4.71. The minimum absolute atomic E-state index is 0. The van der Waals surface area contributed by atoms with E-state index in [0.717, 1.165) is 11.4 Å². The molecule has 2 saturated carbocycles. The molecule has 3 nitrogen and oxygen atoms in total. The smallest absolute Gasteiger partial charge is 1.00 e. The molecule has 0 aliphatic heterocycles. The number of hydrogen-bond acceptors (Lipinski definition) is 3. The SMILES string of the molecule is C(=NC1CCCCC1)c1cccc(C=NC2CCCCC2)n1.[Cl-].[Cl-].[V+2]. The number of aliphatic imine (C=N–C) groups is 2. The second-order valence-corrected chi connectivity index (χ2v) is 6.63. The molecule has 137 valence electrons. The Morgan fingerprint density at radius 3 is 1.52 bits per heavy atom. The quantitative estimate of drug-likeness (QED) is 0.553. The maximum Gasteiger partial charge on any atom is 2.00 e. The Kier molecular flexibility index (Phi) is 13.6. The minimum atomic E-state index is 0. The summed E-state index contributed by atoms with van der Waals surface area (Å²) in [5.74, 6) is 0. The molecule has 1 aromatic heterocycles. The molecule has 25 heavy (non-hydrogen) atoms.